The van der Waals surface area contributed by atoms with E-state index in [1.165, 1.54) is 4.90 Å². The Balaban J connectivity index is 1.25. The Kier molecular flexibility index (Phi) is 7.51. The van der Waals surface area contributed by atoms with Crippen LogP contribution < -0.4 is 5.32 Å². The first-order chi connectivity index (χ1) is 20.2. The predicted octanol–water partition coefficient (Wildman–Crippen LogP) is 6.00. The molecule has 3 amide bonds. The van der Waals surface area contributed by atoms with Crippen molar-refractivity contribution >= 4 is 45.3 Å². The Bertz CT molecular complexity index is 1480. The van der Waals surface area contributed by atoms with Crippen molar-refractivity contribution < 1.29 is 23.9 Å². The normalized spacial score (nSPS) is 22.3. The first kappa shape index (κ1) is 28.3. The van der Waals surface area contributed by atoms with E-state index in [-0.39, 0.29) is 30.1 Å². The monoisotopic (exact) mass is 628 g/mol. The lowest BCUT2D eigenvalue weighted by Crippen LogP contribution is -2.47. The van der Waals surface area contributed by atoms with Crippen molar-refractivity contribution in [3.63, 3.8) is 0 Å². The first-order valence-electron chi connectivity index (χ1n) is 14.5. The van der Waals surface area contributed by atoms with E-state index in [1.54, 1.807) is 0 Å². The number of likely N-dealkylation sites (tertiary alicyclic amines) is 1. The Morgan fingerprint density at radius 2 is 1.36 bits per heavy atom. The minimum absolute atomic E-state index is 0.250. The molecular weight excluding hydrogens is 596 g/mol. The third-order valence-corrected chi connectivity index (χ3v) is 10.2. The van der Waals surface area contributed by atoms with Gasteiger partial charge in [-0.25, -0.2) is 4.79 Å². The quantitative estimate of drug-likeness (QED) is 0.244. The van der Waals surface area contributed by atoms with E-state index >= 15 is 0 Å². The molecule has 3 aromatic rings. The molecule has 1 aliphatic heterocycles. The summed E-state index contributed by atoms with van der Waals surface area (Å²) in [6.07, 6.45) is 1.69. The van der Waals surface area contributed by atoms with Gasteiger partial charge in [-0.2, -0.15) is 0 Å². The number of rotatable bonds is 8. The van der Waals surface area contributed by atoms with Crippen molar-refractivity contribution in [2.75, 3.05) is 11.9 Å². The number of carbonyl (C=O) groups excluding carboxylic acids is 4. The highest BCUT2D eigenvalue weighted by Gasteiger charge is 2.63. The van der Waals surface area contributed by atoms with E-state index in [0.717, 1.165) is 44.3 Å². The van der Waals surface area contributed by atoms with Crippen LogP contribution in [-0.2, 0) is 23.9 Å². The van der Waals surface area contributed by atoms with E-state index in [4.69, 9.17) is 4.74 Å². The summed E-state index contributed by atoms with van der Waals surface area (Å²) >= 11 is 3.52. The molecule has 0 saturated carbocycles. The number of unbranched alkanes of at least 4 members (excludes halogenated alkanes) is 1. The van der Waals surface area contributed by atoms with Gasteiger partial charge in [0.25, 0.3) is 5.91 Å². The fraction of sp³-hybridized carbons (Fsp3) is 0.353. The molecule has 1 heterocycles. The van der Waals surface area contributed by atoms with E-state index in [1.807, 2.05) is 57.2 Å². The second kappa shape index (κ2) is 11.1. The lowest BCUT2D eigenvalue weighted by atomic mass is 9.55. The Labute approximate surface area is 253 Å². The molecule has 0 unspecified atom stereocenters. The van der Waals surface area contributed by atoms with Crippen LogP contribution in [0.25, 0.3) is 0 Å². The smallest absolute Gasteiger partial charge is 0.329 e. The Morgan fingerprint density at radius 3 is 1.81 bits per heavy atom. The van der Waals surface area contributed by atoms with Crippen LogP contribution in [0.1, 0.15) is 71.4 Å². The van der Waals surface area contributed by atoms with E-state index in [9.17, 15) is 19.2 Å². The molecule has 4 aliphatic rings. The van der Waals surface area contributed by atoms with Gasteiger partial charge < -0.3 is 10.1 Å². The second-order valence-corrected chi connectivity index (χ2v) is 12.3. The van der Waals surface area contributed by atoms with E-state index in [0.29, 0.717) is 12.1 Å². The molecular formula is C34H33BrN2O5. The molecule has 3 aliphatic carbocycles. The van der Waals surface area contributed by atoms with Crippen LogP contribution in [0.3, 0.4) is 0 Å². The molecule has 7 nitrogen and oxygen atoms in total. The zero-order valence-electron chi connectivity index (χ0n) is 23.9. The van der Waals surface area contributed by atoms with Crippen LogP contribution in [0, 0.1) is 25.7 Å². The number of anilines is 1. The molecule has 0 spiro atoms. The lowest BCUT2D eigenvalue weighted by Gasteiger charge is -2.45. The maximum absolute atomic E-state index is 14.2. The summed E-state index contributed by atoms with van der Waals surface area (Å²) in [5.41, 5.74) is 6.84. The summed E-state index contributed by atoms with van der Waals surface area (Å²) in [4.78, 5) is 55.7. The largest absolute Gasteiger partial charge is 0.454 e. The van der Waals surface area contributed by atoms with Crippen LogP contribution in [0.15, 0.2) is 65.1 Å². The van der Waals surface area contributed by atoms with Gasteiger partial charge in [0.05, 0.1) is 11.8 Å². The standard InChI is InChI=1S/C34H33BrN2O5/c1-4-5-14-25(34(41)42-17-26(38)36-20-15-18(2)31(35)19(3)16-20)37-32(39)29-27-21-10-6-7-11-22(21)28(30(29)33(37)40)24-13-9-8-12-23(24)27/h6-13,15-16,25,27-30H,4-5,14,17H2,1-3H3,(H,36,38)/t25-,27?,28?,29-,30-/m1/s1. The maximum Gasteiger partial charge on any atom is 0.329 e. The van der Waals surface area contributed by atoms with E-state index < -0.39 is 36.4 Å². The van der Waals surface area contributed by atoms with Crippen LogP contribution in [-0.4, -0.2) is 41.2 Å². The van der Waals surface area contributed by atoms with Gasteiger partial charge in [-0.15, -0.1) is 0 Å². The summed E-state index contributed by atoms with van der Waals surface area (Å²) < 4.78 is 6.43. The number of hydrogen-bond donors (Lipinski definition) is 1. The summed E-state index contributed by atoms with van der Waals surface area (Å²) in [5, 5.41) is 2.77. The van der Waals surface area contributed by atoms with Crippen LogP contribution in [0.4, 0.5) is 5.69 Å². The molecule has 7 rings (SSSR count). The number of halogens is 1. The van der Waals surface area contributed by atoms with Crippen molar-refractivity contribution in [1.82, 2.24) is 4.90 Å². The molecule has 1 saturated heterocycles. The molecule has 3 atom stereocenters. The second-order valence-electron chi connectivity index (χ2n) is 11.5. The van der Waals surface area contributed by atoms with Gasteiger partial charge in [-0.05, 0) is 65.8 Å². The minimum Gasteiger partial charge on any atom is -0.454 e. The molecule has 1 fully saturated rings. The van der Waals surface area contributed by atoms with Crippen LogP contribution >= 0.6 is 15.9 Å². The fourth-order valence-corrected chi connectivity index (χ4v) is 7.43. The molecule has 0 radical (unpaired) electrons. The van der Waals surface area contributed by atoms with Crippen molar-refractivity contribution in [3.8, 4) is 0 Å². The lowest BCUT2D eigenvalue weighted by molar-refractivity contribution is -0.160. The highest BCUT2D eigenvalue weighted by molar-refractivity contribution is 9.10. The topological polar surface area (TPSA) is 92.8 Å². The van der Waals surface area contributed by atoms with Crippen LogP contribution in [0.5, 0.6) is 0 Å². The zero-order chi connectivity index (χ0) is 29.7. The highest BCUT2D eigenvalue weighted by Crippen LogP contribution is 2.61. The first-order valence-corrected chi connectivity index (χ1v) is 15.3. The molecule has 3 aromatic carbocycles. The van der Waals surface area contributed by atoms with Crippen molar-refractivity contribution in [1.29, 1.82) is 0 Å². The number of carbonyl (C=O) groups is 4. The third-order valence-electron chi connectivity index (χ3n) is 8.96. The van der Waals surface area contributed by atoms with Crippen molar-refractivity contribution in [2.24, 2.45) is 11.8 Å². The summed E-state index contributed by atoms with van der Waals surface area (Å²) in [6, 6.07) is 18.7. The van der Waals surface area contributed by atoms with Crippen LogP contribution in [0.2, 0.25) is 0 Å². The summed E-state index contributed by atoms with van der Waals surface area (Å²) in [6.45, 7) is 5.33. The number of esters is 1. The molecule has 8 heteroatoms. The average molecular weight is 630 g/mol. The van der Waals surface area contributed by atoms with Gasteiger partial charge >= 0.3 is 5.97 Å². The third kappa shape index (κ3) is 4.56. The molecule has 216 valence electrons. The predicted molar refractivity (Wildman–Crippen MR) is 162 cm³/mol. The fourth-order valence-electron chi connectivity index (χ4n) is 7.21. The average Bonchev–Trinajstić information content (AvgIpc) is 3.25. The number of nitrogens with one attached hydrogen (secondary N) is 1. The van der Waals surface area contributed by atoms with Crippen molar-refractivity contribution in [2.45, 2.75) is 57.9 Å². The maximum atomic E-state index is 14.2. The van der Waals surface area contributed by atoms with Gasteiger partial charge in [0, 0.05) is 22.0 Å². The summed E-state index contributed by atoms with van der Waals surface area (Å²) in [7, 11) is 0. The number of nitrogens with zero attached hydrogens (tertiary/aromatic N) is 1. The number of aryl methyl sites for hydroxylation is 2. The number of amides is 3. The number of imide groups is 1. The summed E-state index contributed by atoms with van der Waals surface area (Å²) in [5.74, 6) is -3.52. The minimum atomic E-state index is -1.08. The number of benzene rings is 3. The van der Waals surface area contributed by atoms with Gasteiger partial charge in [0.15, 0.2) is 6.61 Å². The number of ether oxygens (including phenoxy) is 1. The Morgan fingerprint density at radius 1 is 0.881 bits per heavy atom. The molecule has 0 aromatic heterocycles. The highest BCUT2D eigenvalue weighted by atomic mass is 79.9. The SMILES string of the molecule is CCCC[C@H](C(=O)OCC(=O)Nc1cc(C)c(Br)c(C)c1)N1C(=O)[C@@H]2C3c4ccccc4C(c4ccccc43)[C@H]2C1=O. The van der Waals surface area contributed by atoms with Gasteiger partial charge in [0.2, 0.25) is 11.8 Å². The van der Waals surface area contributed by atoms with Crippen molar-refractivity contribution in [3.05, 3.63) is 98.5 Å². The van der Waals surface area contributed by atoms with Gasteiger partial charge in [-0.3, -0.25) is 19.3 Å². The zero-order valence-corrected chi connectivity index (χ0v) is 25.4. The number of hydrogen-bond acceptors (Lipinski definition) is 5. The molecule has 1 N–H and O–H groups in total. The van der Waals surface area contributed by atoms with E-state index in [2.05, 4.69) is 45.5 Å². The Hall–Kier alpha value is -3.78. The van der Waals surface area contributed by atoms with Gasteiger partial charge in [0.1, 0.15) is 6.04 Å². The molecule has 42 heavy (non-hydrogen) atoms. The molecule has 2 bridgehead atoms. The van der Waals surface area contributed by atoms with Gasteiger partial charge in [-0.1, -0.05) is 84.2 Å².